The molecule has 0 aliphatic rings. The lowest BCUT2D eigenvalue weighted by Gasteiger charge is -2.25. The monoisotopic (exact) mass is 286 g/mol. The van der Waals surface area contributed by atoms with Crippen molar-refractivity contribution in [1.29, 1.82) is 0 Å². The summed E-state index contributed by atoms with van der Waals surface area (Å²) in [5, 5.41) is 0. The molecule has 0 fully saturated rings. The molecule has 1 unspecified atom stereocenters. The summed E-state index contributed by atoms with van der Waals surface area (Å²) in [6.45, 7) is 4.87. The molecule has 0 radical (unpaired) electrons. The molecule has 0 heterocycles. The molecular formula is C12H18N2O2S2. The molecule has 4 nitrogen and oxygen atoms in total. The molecule has 18 heavy (non-hydrogen) atoms. The van der Waals surface area contributed by atoms with Gasteiger partial charge in [-0.25, -0.2) is 13.1 Å². The summed E-state index contributed by atoms with van der Waals surface area (Å²) in [7, 11) is -3.51. The van der Waals surface area contributed by atoms with Gasteiger partial charge in [-0.2, -0.15) is 0 Å². The van der Waals surface area contributed by atoms with Gasteiger partial charge in [0.15, 0.2) is 0 Å². The molecule has 1 rings (SSSR count). The second-order valence-corrected chi connectivity index (χ2v) is 7.92. The van der Waals surface area contributed by atoms with Crippen molar-refractivity contribution < 1.29 is 8.42 Å². The van der Waals surface area contributed by atoms with Gasteiger partial charge in [-0.15, -0.1) is 0 Å². The van der Waals surface area contributed by atoms with E-state index in [1.165, 1.54) is 0 Å². The van der Waals surface area contributed by atoms with E-state index in [4.69, 9.17) is 18.0 Å². The molecule has 0 saturated carbocycles. The van der Waals surface area contributed by atoms with Gasteiger partial charge >= 0.3 is 0 Å². The number of nitrogens with two attached hydrogens (primary N) is 1. The Kier molecular flexibility index (Phi) is 4.47. The molecule has 100 valence electrons. The van der Waals surface area contributed by atoms with Crippen LogP contribution in [0.2, 0.25) is 0 Å². The molecular weight excluding hydrogens is 268 g/mol. The smallest absolute Gasteiger partial charge is 0.217 e. The van der Waals surface area contributed by atoms with Crippen LogP contribution in [0, 0.1) is 0 Å². The SMILES string of the molecule is CC(C)(C)S(=O)(=O)NC(C(N)=S)c1ccccc1. The third-order valence-electron chi connectivity index (χ3n) is 2.50. The Balaban J connectivity index is 3.08. The highest BCUT2D eigenvalue weighted by molar-refractivity contribution is 7.91. The van der Waals surface area contributed by atoms with Crippen LogP contribution in [0.5, 0.6) is 0 Å². The molecule has 6 heteroatoms. The predicted octanol–water partition coefficient (Wildman–Crippen LogP) is 1.73. The molecule has 0 saturated heterocycles. The molecule has 0 aliphatic heterocycles. The molecule has 1 atom stereocenters. The van der Waals surface area contributed by atoms with Crippen molar-refractivity contribution in [3.8, 4) is 0 Å². The maximum Gasteiger partial charge on any atom is 0.217 e. The first kappa shape index (κ1) is 15.1. The Morgan fingerprint density at radius 1 is 1.28 bits per heavy atom. The van der Waals surface area contributed by atoms with Gasteiger partial charge in [-0.1, -0.05) is 42.5 Å². The van der Waals surface area contributed by atoms with Crippen LogP contribution in [0.15, 0.2) is 30.3 Å². The van der Waals surface area contributed by atoms with E-state index in [0.29, 0.717) is 0 Å². The van der Waals surface area contributed by atoms with Crippen molar-refractivity contribution in [2.24, 2.45) is 5.73 Å². The van der Waals surface area contributed by atoms with E-state index in [9.17, 15) is 8.42 Å². The highest BCUT2D eigenvalue weighted by Crippen LogP contribution is 2.20. The first-order chi connectivity index (χ1) is 8.15. The van der Waals surface area contributed by atoms with E-state index in [-0.39, 0.29) is 4.99 Å². The molecule has 0 spiro atoms. The van der Waals surface area contributed by atoms with Crippen molar-refractivity contribution in [1.82, 2.24) is 4.72 Å². The number of sulfonamides is 1. The van der Waals surface area contributed by atoms with E-state index < -0.39 is 20.8 Å². The Bertz CT molecular complexity index is 519. The van der Waals surface area contributed by atoms with Gasteiger partial charge in [0.1, 0.15) is 0 Å². The highest BCUT2D eigenvalue weighted by atomic mass is 32.2. The average Bonchev–Trinajstić information content (AvgIpc) is 2.25. The van der Waals surface area contributed by atoms with Gasteiger partial charge in [0.25, 0.3) is 0 Å². The van der Waals surface area contributed by atoms with Crippen molar-refractivity contribution >= 4 is 27.2 Å². The third-order valence-corrected chi connectivity index (χ3v) is 4.89. The zero-order chi connectivity index (χ0) is 14.0. The zero-order valence-corrected chi connectivity index (χ0v) is 12.3. The van der Waals surface area contributed by atoms with Crippen LogP contribution in [-0.2, 0) is 10.0 Å². The third kappa shape index (κ3) is 3.51. The lowest BCUT2D eigenvalue weighted by Crippen LogP contribution is -2.44. The van der Waals surface area contributed by atoms with Crippen LogP contribution in [0.3, 0.4) is 0 Å². The minimum absolute atomic E-state index is 0.106. The quantitative estimate of drug-likeness (QED) is 0.827. The minimum atomic E-state index is -3.51. The number of benzene rings is 1. The molecule has 0 aromatic heterocycles. The van der Waals surface area contributed by atoms with Crippen molar-refractivity contribution in [2.45, 2.75) is 31.6 Å². The van der Waals surface area contributed by atoms with Gasteiger partial charge in [0, 0.05) is 0 Å². The molecule has 0 amide bonds. The summed E-state index contributed by atoms with van der Waals surface area (Å²) in [5.74, 6) is 0. The first-order valence-electron chi connectivity index (χ1n) is 5.51. The molecule has 3 N–H and O–H groups in total. The second-order valence-electron chi connectivity index (χ2n) is 4.98. The average molecular weight is 286 g/mol. The van der Waals surface area contributed by atoms with Gasteiger partial charge in [-0.05, 0) is 26.3 Å². The molecule has 1 aromatic carbocycles. The lowest BCUT2D eigenvalue weighted by atomic mass is 10.1. The number of thiocarbonyl (C=S) groups is 1. The summed E-state index contributed by atoms with van der Waals surface area (Å²) in [6, 6.07) is 8.37. The predicted molar refractivity (Wildman–Crippen MR) is 77.8 cm³/mol. The normalized spacial score (nSPS) is 14.2. The molecule has 0 aliphatic carbocycles. The summed E-state index contributed by atoms with van der Waals surface area (Å²) in [5.41, 5.74) is 6.36. The fraction of sp³-hybridized carbons (Fsp3) is 0.417. The lowest BCUT2D eigenvalue weighted by molar-refractivity contribution is 0.541. The second kappa shape index (κ2) is 5.34. The Morgan fingerprint density at radius 2 is 1.78 bits per heavy atom. The van der Waals surface area contributed by atoms with Crippen LogP contribution < -0.4 is 10.5 Å². The van der Waals surface area contributed by atoms with E-state index in [0.717, 1.165) is 5.56 Å². The van der Waals surface area contributed by atoms with Crippen LogP contribution in [0.25, 0.3) is 0 Å². The fourth-order valence-corrected chi connectivity index (χ4v) is 2.46. The van der Waals surface area contributed by atoms with Gasteiger partial charge in [0.2, 0.25) is 10.0 Å². The topological polar surface area (TPSA) is 72.2 Å². The Morgan fingerprint density at radius 3 is 2.17 bits per heavy atom. The van der Waals surface area contributed by atoms with Crippen molar-refractivity contribution in [2.75, 3.05) is 0 Å². The highest BCUT2D eigenvalue weighted by Gasteiger charge is 2.32. The summed E-state index contributed by atoms with van der Waals surface area (Å²) >= 11 is 4.94. The largest absolute Gasteiger partial charge is 0.392 e. The van der Waals surface area contributed by atoms with Gasteiger partial charge in [0.05, 0.1) is 15.8 Å². The number of nitrogens with one attached hydrogen (secondary N) is 1. The summed E-state index contributed by atoms with van der Waals surface area (Å²) in [6.07, 6.45) is 0. The van der Waals surface area contributed by atoms with Crippen molar-refractivity contribution in [3.63, 3.8) is 0 Å². The minimum Gasteiger partial charge on any atom is -0.392 e. The fourth-order valence-electron chi connectivity index (χ4n) is 1.27. The number of rotatable bonds is 4. The van der Waals surface area contributed by atoms with Gasteiger partial charge < -0.3 is 5.73 Å². The van der Waals surface area contributed by atoms with Crippen LogP contribution in [0.1, 0.15) is 32.4 Å². The Labute approximate surface area is 114 Å². The standard InChI is InChI=1S/C12H18N2O2S2/c1-12(2,3)18(15,16)14-10(11(13)17)9-7-5-4-6-8-9/h4-8,10,14H,1-3H3,(H2,13,17). The number of hydrogen-bond acceptors (Lipinski definition) is 3. The van der Waals surface area contributed by atoms with E-state index in [2.05, 4.69) is 4.72 Å². The maximum atomic E-state index is 12.1. The zero-order valence-electron chi connectivity index (χ0n) is 10.7. The molecule has 0 bridgehead atoms. The van der Waals surface area contributed by atoms with E-state index >= 15 is 0 Å². The molecule has 1 aromatic rings. The van der Waals surface area contributed by atoms with Crippen LogP contribution in [-0.4, -0.2) is 18.2 Å². The Hall–Kier alpha value is -0.980. The first-order valence-corrected chi connectivity index (χ1v) is 7.40. The van der Waals surface area contributed by atoms with E-state index in [1.54, 1.807) is 32.9 Å². The van der Waals surface area contributed by atoms with Crippen molar-refractivity contribution in [3.05, 3.63) is 35.9 Å². The summed E-state index contributed by atoms with van der Waals surface area (Å²) in [4.78, 5) is 0.106. The maximum absolute atomic E-state index is 12.1. The van der Waals surface area contributed by atoms with Crippen LogP contribution >= 0.6 is 12.2 Å². The number of hydrogen-bond donors (Lipinski definition) is 2. The van der Waals surface area contributed by atoms with Crippen LogP contribution in [0.4, 0.5) is 0 Å². The van der Waals surface area contributed by atoms with E-state index in [1.807, 2.05) is 18.2 Å². The van der Waals surface area contributed by atoms with Gasteiger partial charge in [-0.3, -0.25) is 0 Å². The summed E-state index contributed by atoms with van der Waals surface area (Å²) < 4.78 is 25.9.